The Bertz CT molecular complexity index is 287. The van der Waals surface area contributed by atoms with E-state index < -0.39 is 24.6 Å². The van der Waals surface area contributed by atoms with Gasteiger partial charge in [0.05, 0.1) is 6.61 Å². The molecule has 0 aromatic rings. The lowest BCUT2D eigenvalue weighted by Gasteiger charge is -2.16. The molecule has 98 valence electrons. The number of urea groups is 1. The van der Waals surface area contributed by atoms with Gasteiger partial charge in [0.25, 0.3) is 0 Å². The maximum Gasteiger partial charge on any atom is 0.328 e. The molecule has 0 radical (unpaired) electrons. The number of carboxylic acids is 1. The summed E-state index contributed by atoms with van der Waals surface area (Å²) in [5, 5.41) is 22.9. The molecule has 4 N–H and O–H groups in total. The van der Waals surface area contributed by atoms with E-state index in [1.54, 1.807) is 11.8 Å². The van der Waals surface area contributed by atoms with Gasteiger partial charge in [0, 0.05) is 11.3 Å². The van der Waals surface area contributed by atoms with Gasteiger partial charge in [0.2, 0.25) is 0 Å². The summed E-state index contributed by atoms with van der Waals surface area (Å²) < 4.78 is 0. The molecule has 17 heavy (non-hydrogen) atoms. The van der Waals surface area contributed by atoms with Crippen LogP contribution in [0.5, 0.6) is 0 Å². The molecule has 0 aromatic heterocycles. The van der Waals surface area contributed by atoms with E-state index in [4.69, 9.17) is 10.2 Å². The lowest BCUT2D eigenvalue weighted by molar-refractivity contribution is -0.140. The molecule has 1 rings (SSSR count). The molecule has 1 saturated carbocycles. The number of amides is 2. The normalized spacial score (nSPS) is 25.3. The number of rotatable bonds is 5. The summed E-state index contributed by atoms with van der Waals surface area (Å²) in [6.45, 7) is -0.610. The van der Waals surface area contributed by atoms with Gasteiger partial charge in [-0.15, -0.1) is 0 Å². The zero-order valence-electron chi connectivity index (χ0n) is 9.68. The Morgan fingerprint density at radius 1 is 1.47 bits per heavy atom. The first-order chi connectivity index (χ1) is 8.06. The Balaban J connectivity index is 2.32. The third kappa shape index (κ3) is 4.43. The molecule has 0 aromatic carbocycles. The molecule has 0 aliphatic heterocycles. The second kappa shape index (κ2) is 6.70. The Morgan fingerprint density at radius 2 is 2.18 bits per heavy atom. The van der Waals surface area contributed by atoms with Gasteiger partial charge in [-0.3, -0.25) is 0 Å². The Hall–Kier alpha value is -0.950. The molecule has 2 amide bonds. The first kappa shape index (κ1) is 14.1. The Morgan fingerprint density at radius 3 is 2.65 bits per heavy atom. The molecule has 0 bridgehead atoms. The second-order valence-corrected chi connectivity index (χ2v) is 5.20. The maximum absolute atomic E-state index is 11.5. The van der Waals surface area contributed by atoms with E-state index in [9.17, 15) is 9.59 Å². The van der Waals surface area contributed by atoms with E-state index >= 15 is 0 Å². The van der Waals surface area contributed by atoms with E-state index in [1.165, 1.54) is 0 Å². The number of hydrogen-bond acceptors (Lipinski definition) is 4. The zero-order valence-corrected chi connectivity index (χ0v) is 10.5. The van der Waals surface area contributed by atoms with Gasteiger partial charge in [-0.2, -0.15) is 11.8 Å². The highest BCUT2D eigenvalue weighted by Gasteiger charge is 2.26. The molecule has 1 fully saturated rings. The first-order valence-corrected chi connectivity index (χ1v) is 6.79. The minimum atomic E-state index is -1.24. The van der Waals surface area contributed by atoms with Crippen molar-refractivity contribution in [2.24, 2.45) is 0 Å². The molecule has 0 heterocycles. The molecule has 0 saturated heterocycles. The number of carbonyl (C=O) groups excluding carboxylic acids is 1. The number of aliphatic hydroxyl groups excluding tert-OH is 1. The van der Waals surface area contributed by atoms with Gasteiger partial charge in [0.15, 0.2) is 6.04 Å². The molecule has 6 nitrogen and oxygen atoms in total. The van der Waals surface area contributed by atoms with E-state index in [0.29, 0.717) is 5.25 Å². The average Bonchev–Trinajstić information content (AvgIpc) is 2.73. The van der Waals surface area contributed by atoms with Gasteiger partial charge in [-0.1, -0.05) is 0 Å². The van der Waals surface area contributed by atoms with Crippen molar-refractivity contribution in [1.29, 1.82) is 0 Å². The summed E-state index contributed by atoms with van der Waals surface area (Å²) in [5.41, 5.74) is 0. The van der Waals surface area contributed by atoms with Crippen molar-refractivity contribution in [3.05, 3.63) is 0 Å². The summed E-state index contributed by atoms with van der Waals surface area (Å²) >= 11 is 1.78. The number of aliphatic hydroxyl groups is 1. The van der Waals surface area contributed by atoms with Crippen LogP contribution in [-0.2, 0) is 4.79 Å². The summed E-state index contributed by atoms with van der Waals surface area (Å²) in [6, 6.07) is -1.67. The number of thioether (sulfide) groups is 1. The molecule has 7 heteroatoms. The van der Waals surface area contributed by atoms with Crippen LogP contribution in [0.2, 0.25) is 0 Å². The van der Waals surface area contributed by atoms with Crippen LogP contribution in [0.15, 0.2) is 0 Å². The number of carbonyl (C=O) groups is 2. The predicted octanol–water partition coefficient (Wildman–Crippen LogP) is 0.0152. The van der Waals surface area contributed by atoms with Crippen LogP contribution in [0.1, 0.15) is 19.3 Å². The van der Waals surface area contributed by atoms with Crippen LogP contribution >= 0.6 is 11.8 Å². The standard InChI is InChI=1S/C10H18N2O4S/c1-17-7-3-2-6(4-7)11-10(16)12-8(5-13)9(14)15/h6-8,13H,2-5H2,1H3,(H,14,15)(H2,11,12,16)/t6?,7?,8-/m0/s1. The van der Waals surface area contributed by atoms with Crippen molar-refractivity contribution in [1.82, 2.24) is 10.6 Å². The number of nitrogens with one attached hydrogen (secondary N) is 2. The van der Waals surface area contributed by atoms with Crippen molar-refractivity contribution in [2.45, 2.75) is 36.6 Å². The highest BCUT2D eigenvalue weighted by atomic mass is 32.2. The summed E-state index contributed by atoms with van der Waals surface area (Å²) in [4.78, 5) is 22.1. The van der Waals surface area contributed by atoms with Crippen molar-refractivity contribution < 1.29 is 19.8 Å². The van der Waals surface area contributed by atoms with Gasteiger partial charge >= 0.3 is 12.0 Å². The third-order valence-electron chi connectivity index (χ3n) is 2.84. The monoisotopic (exact) mass is 262 g/mol. The zero-order chi connectivity index (χ0) is 12.8. The van der Waals surface area contributed by atoms with Crippen LogP contribution < -0.4 is 10.6 Å². The van der Waals surface area contributed by atoms with Crippen molar-refractivity contribution in [3.63, 3.8) is 0 Å². The minimum Gasteiger partial charge on any atom is -0.480 e. The van der Waals surface area contributed by atoms with Gasteiger partial charge < -0.3 is 20.8 Å². The smallest absolute Gasteiger partial charge is 0.328 e. The quantitative estimate of drug-likeness (QED) is 0.559. The molecule has 1 aliphatic carbocycles. The van der Waals surface area contributed by atoms with Crippen LogP contribution in [0.4, 0.5) is 4.79 Å². The van der Waals surface area contributed by atoms with E-state index in [1.807, 2.05) is 6.26 Å². The lowest BCUT2D eigenvalue weighted by atomic mass is 10.2. The third-order valence-corrected chi connectivity index (χ3v) is 3.93. The maximum atomic E-state index is 11.5. The average molecular weight is 262 g/mol. The van der Waals surface area contributed by atoms with Crippen LogP contribution in [0, 0.1) is 0 Å². The largest absolute Gasteiger partial charge is 0.480 e. The molecular weight excluding hydrogens is 244 g/mol. The Kier molecular flexibility index (Phi) is 5.57. The number of carboxylic acid groups (broad SMARTS) is 1. The first-order valence-electron chi connectivity index (χ1n) is 5.50. The van der Waals surface area contributed by atoms with Gasteiger partial charge in [-0.25, -0.2) is 9.59 Å². The van der Waals surface area contributed by atoms with Crippen molar-refractivity contribution >= 4 is 23.8 Å². The topological polar surface area (TPSA) is 98.7 Å². The second-order valence-electron chi connectivity index (χ2n) is 4.06. The van der Waals surface area contributed by atoms with Gasteiger partial charge in [0.1, 0.15) is 0 Å². The summed E-state index contributed by atoms with van der Waals surface area (Å²) in [5.74, 6) is -1.24. The molecule has 1 aliphatic rings. The SMILES string of the molecule is CSC1CCC(NC(=O)N[C@@H](CO)C(=O)O)C1. The molecular formula is C10H18N2O4S. The molecule has 2 unspecified atom stereocenters. The highest BCUT2D eigenvalue weighted by molar-refractivity contribution is 7.99. The minimum absolute atomic E-state index is 0.0978. The fourth-order valence-corrected chi connectivity index (χ4v) is 2.65. The van der Waals surface area contributed by atoms with Crippen LogP contribution in [-0.4, -0.2) is 52.4 Å². The fraction of sp³-hybridized carbons (Fsp3) is 0.800. The fourth-order valence-electron chi connectivity index (χ4n) is 1.86. The van der Waals surface area contributed by atoms with Crippen LogP contribution in [0.3, 0.4) is 0 Å². The van der Waals surface area contributed by atoms with Crippen molar-refractivity contribution in [3.8, 4) is 0 Å². The molecule has 3 atom stereocenters. The summed E-state index contributed by atoms with van der Waals surface area (Å²) in [6.07, 6.45) is 4.93. The highest BCUT2D eigenvalue weighted by Crippen LogP contribution is 2.27. The predicted molar refractivity (Wildman–Crippen MR) is 65.1 cm³/mol. The van der Waals surface area contributed by atoms with Crippen molar-refractivity contribution in [2.75, 3.05) is 12.9 Å². The number of aliphatic carboxylic acids is 1. The van der Waals surface area contributed by atoms with Crippen LogP contribution in [0.25, 0.3) is 0 Å². The lowest BCUT2D eigenvalue weighted by Crippen LogP contribution is -2.50. The van der Waals surface area contributed by atoms with Gasteiger partial charge in [-0.05, 0) is 25.5 Å². The van der Waals surface area contributed by atoms with E-state index in [2.05, 4.69) is 10.6 Å². The van der Waals surface area contributed by atoms with E-state index in [-0.39, 0.29) is 6.04 Å². The Labute approximate surface area is 104 Å². The van der Waals surface area contributed by atoms with E-state index in [0.717, 1.165) is 19.3 Å². The molecule has 0 spiro atoms. The summed E-state index contributed by atoms with van der Waals surface area (Å²) in [7, 11) is 0. The number of hydrogen-bond donors (Lipinski definition) is 4.